The minimum Gasteiger partial charge on any atom is -0.367 e. The average molecular weight is 604 g/mol. The predicted molar refractivity (Wildman–Crippen MR) is 171 cm³/mol. The lowest BCUT2D eigenvalue weighted by atomic mass is 9.88. The van der Waals surface area contributed by atoms with Gasteiger partial charge in [0.2, 0.25) is 28.8 Å². The third-order valence-corrected chi connectivity index (χ3v) is 8.16. The third-order valence-electron chi connectivity index (χ3n) is 6.38. The summed E-state index contributed by atoms with van der Waals surface area (Å²) in [5, 5.41) is 6.03. The van der Waals surface area contributed by atoms with Crippen LogP contribution in [0.1, 0.15) is 71.9 Å². The van der Waals surface area contributed by atoms with Gasteiger partial charge >= 0.3 is 0 Å². The molecule has 0 spiro atoms. The summed E-state index contributed by atoms with van der Waals surface area (Å²) in [6.07, 6.45) is 22.3. The van der Waals surface area contributed by atoms with E-state index < -0.39 is 10.0 Å². The molecule has 3 amide bonds. The highest BCUT2D eigenvalue weighted by molar-refractivity contribution is 7.90. The van der Waals surface area contributed by atoms with E-state index in [0.29, 0.717) is 24.9 Å². The van der Waals surface area contributed by atoms with E-state index in [9.17, 15) is 22.8 Å². The fourth-order valence-corrected chi connectivity index (χ4v) is 4.41. The molecule has 0 aromatic carbocycles. The molecule has 3 aliphatic rings. The van der Waals surface area contributed by atoms with Gasteiger partial charge in [-0.3, -0.25) is 19.1 Å². The van der Waals surface area contributed by atoms with Gasteiger partial charge < -0.3 is 15.5 Å². The number of amides is 3. The van der Waals surface area contributed by atoms with Gasteiger partial charge in [0.25, 0.3) is 0 Å². The van der Waals surface area contributed by atoms with Crippen LogP contribution in [0.15, 0.2) is 31.4 Å². The Labute approximate surface area is 253 Å². The molecule has 11 heteroatoms. The number of carbonyl (C=O) groups is 3. The smallest absolute Gasteiger partial charge is 0.243 e. The van der Waals surface area contributed by atoms with Crippen molar-refractivity contribution in [1.82, 2.24) is 19.9 Å². The van der Waals surface area contributed by atoms with Crippen LogP contribution in [0.3, 0.4) is 0 Å². The number of terminal acetylenes is 2. The molecule has 0 radical (unpaired) electrons. The number of anilines is 1. The van der Waals surface area contributed by atoms with Crippen molar-refractivity contribution in [2.24, 2.45) is 5.41 Å². The molecule has 2 aliphatic carbocycles. The van der Waals surface area contributed by atoms with Gasteiger partial charge in [-0.1, -0.05) is 26.8 Å². The van der Waals surface area contributed by atoms with E-state index >= 15 is 0 Å². The highest BCUT2D eigenvalue weighted by Gasteiger charge is 2.35. The van der Waals surface area contributed by atoms with Gasteiger partial charge in [-0.2, -0.15) is 0 Å². The summed E-state index contributed by atoms with van der Waals surface area (Å²) < 4.78 is 23.1. The summed E-state index contributed by atoms with van der Waals surface area (Å²) in [4.78, 5) is 37.8. The summed E-state index contributed by atoms with van der Waals surface area (Å²) >= 11 is 0. The molecule has 0 bridgehead atoms. The van der Waals surface area contributed by atoms with Crippen LogP contribution in [-0.2, 0) is 24.4 Å². The van der Waals surface area contributed by atoms with Crippen LogP contribution in [-0.4, -0.2) is 66.9 Å². The number of likely N-dealkylation sites (tertiary alicyclic amines) is 1. The molecule has 1 aliphatic heterocycles. The normalized spacial score (nSPS) is 17.4. The Morgan fingerprint density at radius 1 is 1.07 bits per heavy atom. The summed E-state index contributed by atoms with van der Waals surface area (Å²) in [6.45, 7) is 17.6. The number of pyridine rings is 1. The van der Waals surface area contributed by atoms with Gasteiger partial charge in [-0.25, -0.2) is 13.4 Å². The van der Waals surface area contributed by atoms with Crippen LogP contribution in [0.5, 0.6) is 0 Å². The van der Waals surface area contributed by atoms with Gasteiger partial charge in [0.1, 0.15) is 11.9 Å². The SMILES string of the molecule is C#C.C#C.C=C.Cc1cccc(NC(C)C(C)(C)C)n1.O=CN1CCC[C@H]1C(=O)NC1CC1.O=CNS(=O)(=O)C1CC1. The zero-order valence-corrected chi connectivity index (χ0v) is 26.5. The van der Waals surface area contributed by atoms with Gasteiger partial charge in [0, 0.05) is 24.3 Å². The van der Waals surface area contributed by atoms with Crippen molar-refractivity contribution in [3.63, 3.8) is 0 Å². The molecule has 2 heterocycles. The largest absolute Gasteiger partial charge is 0.367 e. The molecule has 1 saturated heterocycles. The van der Waals surface area contributed by atoms with E-state index in [1.165, 1.54) is 0 Å². The molecule has 3 fully saturated rings. The van der Waals surface area contributed by atoms with Gasteiger partial charge in [-0.05, 0) is 69.9 Å². The lowest BCUT2D eigenvalue weighted by molar-refractivity contribution is -0.131. The minimum absolute atomic E-state index is 0.0344. The topological polar surface area (TPSA) is 138 Å². The van der Waals surface area contributed by atoms with Crippen LogP contribution in [0.2, 0.25) is 0 Å². The quantitative estimate of drug-likeness (QED) is 0.234. The van der Waals surface area contributed by atoms with E-state index in [2.05, 4.69) is 82.2 Å². The van der Waals surface area contributed by atoms with Crippen molar-refractivity contribution in [3.8, 4) is 25.7 Å². The van der Waals surface area contributed by atoms with E-state index in [1.54, 1.807) is 9.62 Å². The Morgan fingerprint density at radius 2 is 1.64 bits per heavy atom. The van der Waals surface area contributed by atoms with E-state index in [4.69, 9.17) is 0 Å². The Balaban J connectivity index is 0. The number of rotatable bonds is 8. The number of hydrogen-bond acceptors (Lipinski definition) is 7. The Bertz CT molecular complexity index is 1080. The van der Waals surface area contributed by atoms with Crippen molar-refractivity contribution in [1.29, 1.82) is 0 Å². The second-order valence-electron chi connectivity index (χ2n) is 10.7. The molecule has 1 aromatic rings. The lowest BCUT2D eigenvalue weighted by Gasteiger charge is -2.28. The van der Waals surface area contributed by atoms with Crippen molar-refractivity contribution in [2.45, 2.75) is 96.5 Å². The van der Waals surface area contributed by atoms with Crippen LogP contribution < -0.4 is 15.4 Å². The first kappa shape index (κ1) is 40.3. The van der Waals surface area contributed by atoms with Crippen LogP contribution >= 0.6 is 0 Å². The Morgan fingerprint density at radius 3 is 2.07 bits per heavy atom. The van der Waals surface area contributed by atoms with Gasteiger partial charge in [-0.15, -0.1) is 38.9 Å². The monoisotopic (exact) mass is 603 g/mol. The number of nitrogens with one attached hydrogen (secondary N) is 3. The molecule has 42 heavy (non-hydrogen) atoms. The molecule has 2 saturated carbocycles. The number of carbonyl (C=O) groups excluding carboxylic acids is 3. The first-order valence-electron chi connectivity index (χ1n) is 13.7. The zero-order chi connectivity index (χ0) is 32.9. The minimum atomic E-state index is -3.26. The Hall–Kier alpha value is -3.83. The highest BCUT2D eigenvalue weighted by atomic mass is 32.2. The van der Waals surface area contributed by atoms with Crippen LogP contribution in [0.25, 0.3) is 0 Å². The maximum atomic E-state index is 11.6. The number of nitrogens with zero attached hydrogens (tertiary/aromatic N) is 2. The molecular weight excluding hydrogens is 554 g/mol. The summed E-state index contributed by atoms with van der Waals surface area (Å²) in [7, 11) is -3.26. The van der Waals surface area contributed by atoms with E-state index in [1.807, 2.05) is 25.1 Å². The molecule has 3 N–H and O–H groups in total. The number of aromatic nitrogens is 1. The summed E-state index contributed by atoms with van der Waals surface area (Å²) in [6, 6.07) is 6.65. The summed E-state index contributed by atoms with van der Waals surface area (Å²) in [5.74, 6) is 1.000. The lowest BCUT2D eigenvalue weighted by Crippen LogP contribution is -2.43. The van der Waals surface area contributed by atoms with Crippen LogP contribution in [0, 0.1) is 38.0 Å². The van der Waals surface area contributed by atoms with Crippen molar-refractivity contribution in [3.05, 3.63) is 37.1 Å². The van der Waals surface area contributed by atoms with Crippen molar-refractivity contribution >= 4 is 34.6 Å². The molecule has 10 nitrogen and oxygen atoms in total. The first-order chi connectivity index (χ1) is 19.9. The molecular formula is C31H49N5O5S. The Kier molecular flexibility index (Phi) is 20.1. The molecule has 4 rings (SSSR count). The van der Waals surface area contributed by atoms with Crippen molar-refractivity contribution in [2.75, 3.05) is 11.9 Å². The maximum Gasteiger partial charge on any atom is 0.243 e. The average Bonchev–Trinajstić information content (AvgIpc) is 3.91. The summed E-state index contributed by atoms with van der Waals surface area (Å²) in [5.41, 5.74) is 1.31. The molecule has 1 unspecified atom stereocenters. The standard InChI is InChI=1S/C12H20N2.C9H14N2O2.C4H7NO3S.C2H4.2C2H2/c1-9-7-6-8-11(13-9)14-10(2)12(3,4)5;12-6-11-5-1-2-8(11)9(13)10-7-3-4-7;6-3-5-9(7,8)4-1-2-4;3*1-2/h6-8,10H,1-5H3,(H,13,14);6-8H,1-5H2,(H,10,13);3-4H,1-2H2,(H,5,6);1-2H2;2*1-2H/t;8-;;;;/m.0..../s1. The van der Waals surface area contributed by atoms with Crippen LogP contribution in [0.4, 0.5) is 5.82 Å². The van der Waals surface area contributed by atoms with E-state index in [0.717, 1.165) is 50.1 Å². The third kappa shape index (κ3) is 16.4. The fourth-order valence-electron chi connectivity index (χ4n) is 3.33. The maximum absolute atomic E-state index is 11.6. The first-order valence-corrected chi connectivity index (χ1v) is 15.2. The van der Waals surface area contributed by atoms with Gasteiger partial charge in [0.15, 0.2) is 0 Å². The molecule has 234 valence electrons. The number of hydrogen-bond donors (Lipinski definition) is 3. The zero-order valence-electron chi connectivity index (χ0n) is 25.7. The van der Waals surface area contributed by atoms with Crippen molar-refractivity contribution < 1.29 is 22.8 Å². The van der Waals surface area contributed by atoms with Gasteiger partial charge in [0.05, 0.1) is 5.25 Å². The second-order valence-corrected chi connectivity index (χ2v) is 12.7. The molecule has 2 atom stereocenters. The number of sulfonamides is 1. The highest BCUT2D eigenvalue weighted by Crippen LogP contribution is 2.27. The second kappa shape index (κ2) is 21.0. The fraction of sp³-hybridized carbons (Fsp3) is 0.548. The number of aryl methyl sites for hydroxylation is 1. The predicted octanol–water partition coefficient (Wildman–Crippen LogP) is 3.65. The van der Waals surface area contributed by atoms with E-state index in [-0.39, 0.29) is 29.0 Å². The molecule has 1 aromatic heterocycles.